The van der Waals surface area contributed by atoms with Crippen molar-refractivity contribution in [2.75, 3.05) is 28.4 Å². The molecule has 0 spiro atoms. The number of hydrogen-bond donors (Lipinski definition) is 0. The third kappa shape index (κ3) is 2.94. The fourth-order valence-corrected chi connectivity index (χ4v) is 4.87. The molecule has 6 heteroatoms. The summed E-state index contributed by atoms with van der Waals surface area (Å²) in [5, 5.41) is 0. The highest BCUT2D eigenvalue weighted by atomic mass is 16.5. The van der Waals surface area contributed by atoms with Crippen molar-refractivity contribution in [1.29, 1.82) is 0 Å². The largest absolute Gasteiger partial charge is 0.493 e. The van der Waals surface area contributed by atoms with Gasteiger partial charge in [-0.2, -0.15) is 0 Å². The molecule has 2 aromatic carbocycles. The van der Waals surface area contributed by atoms with Crippen LogP contribution in [0.25, 0.3) is 11.4 Å². The van der Waals surface area contributed by atoms with Crippen LogP contribution in [0, 0.1) is 0 Å². The van der Waals surface area contributed by atoms with Crippen LogP contribution >= 0.6 is 0 Å². The Labute approximate surface area is 192 Å². The molecule has 0 saturated carbocycles. The van der Waals surface area contributed by atoms with E-state index in [2.05, 4.69) is 24.3 Å². The average molecular weight is 440 g/mol. The van der Waals surface area contributed by atoms with Gasteiger partial charge in [0.05, 0.1) is 45.2 Å². The maximum atomic E-state index is 5.67. The molecule has 0 atom stereocenters. The molecule has 0 aliphatic heterocycles. The van der Waals surface area contributed by atoms with Crippen molar-refractivity contribution in [3.05, 3.63) is 95.3 Å². The van der Waals surface area contributed by atoms with Crippen molar-refractivity contribution in [2.45, 2.75) is 5.41 Å². The van der Waals surface area contributed by atoms with Crippen molar-refractivity contribution < 1.29 is 18.9 Å². The summed E-state index contributed by atoms with van der Waals surface area (Å²) >= 11 is 0. The minimum Gasteiger partial charge on any atom is -0.493 e. The first-order chi connectivity index (χ1) is 16.2. The van der Waals surface area contributed by atoms with Gasteiger partial charge in [-0.25, -0.2) is 0 Å². The zero-order valence-electron chi connectivity index (χ0n) is 19.0. The van der Waals surface area contributed by atoms with E-state index in [-0.39, 0.29) is 0 Å². The molecule has 6 nitrogen and oxygen atoms in total. The standard InChI is InChI=1S/C27H24N2O4/c1-30-21-11-9-17(15-23(21)32-3)27(18-10-12-22(31-2)24(16-18)33-4)19-7-5-13-28-25(19)26-20(27)8-6-14-29-26/h5-16H,1-4H3. The van der Waals surface area contributed by atoms with E-state index in [1.165, 1.54) is 0 Å². The molecule has 1 aliphatic rings. The lowest BCUT2D eigenvalue weighted by molar-refractivity contribution is 0.353. The maximum absolute atomic E-state index is 5.67. The van der Waals surface area contributed by atoms with Gasteiger partial charge in [-0.05, 0) is 58.7 Å². The van der Waals surface area contributed by atoms with Gasteiger partial charge in [0.2, 0.25) is 0 Å². The molecule has 2 aromatic heterocycles. The van der Waals surface area contributed by atoms with Crippen molar-refractivity contribution in [2.24, 2.45) is 0 Å². The summed E-state index contributed by atoms with van der Waals surface area (Å²) in [4.78, 5) is 9.45. The highest BCUT2D eigenvalue weighted by Gasteiger charge is 2.48. The SMILES string of the molecule is COc1ccc(C2(c3ccc(OC)c(OC)c3)c3cccnc3-c3ncccc32)cc1OC. The predicted molar refractivity (Wildman–Crippen MR) is 126 cm³/mol. The quantitative estimate of drug-likeness (QED) is 0.375. The molecule has 1 aliphatic carbocycles. The smallest absolute Gasteiger partial charge is 0.161 e. The number of nitrogens with zero attached hydrogens (tertiary/aromatic N) is 2. The minimum absolute atomic E-state index is 0.651. The van der Waals surface area contributed by atoms with Crippen LogP contribution in [-0.2, 0) is 5.41 Å². The van der Waals surface area contributed by atoms with Crippen molar-refractivity contribution in [3.8, 4) is 34.4 Å². The number of pyridine rings is 2. The second-order valence-corrected chi connectivity index (χ2v) is 7.69. The zero-order chi connectivity index (χ0) is 23.0. The average Bonchev–Trinajstić information content (AvgIpc) is 3.19. The summed E-state index contributed by atoms with van der Waals surface area (Å²) in [6, 6.07) is 20.2. The summed E-state index contributed by atoms with van der Waals surface area (Å²) in [5.74, 6) is 2.63. The second-order valence-electron chi connectivity index (χ2n) is 7.69. The maximum Gasteiger partial charge on any atom is 0.161 e. The van der Waals surface area contributed by atoms with E-state index >= 15 is 0 Å². The van der Waals surface area contributed by atoms with E-state index < -0.39 is 5.41 Å². The molecule has 0 fully saturated rings. The first-order valence-electron chi connectivity index (χ1n) is 10.5. The Balaban J connectivity index is 1.92. The van der Waals surface area contributed by atoms with Gasteiger partial charge >= 0.3 is 0 Å². The Hall–Kier alpha value is -4.06. The van der Waals surface area contributed by atoms with E-state index in [1.807, 2.05) is 36.4 Å². The number of hydrogen-bond acceptors (Lipinski definition) is 6. The molecule has 2 heterocycles. The molecule has 166 valence electrons. The van der Waals surface area contributed by atoms with Crippen molar-refractivity contribution in [1.82, 2.24) is 9.97 Å². The Morgan fingerprint density at radius 3 is 1.36 bits per heavy atom. The van der Waals surface area contributed by atoms with Gasteiger partial charge in [0.1, 0.15) is 0 Å². The van der Waals surface area contributed by atoms with Gasteiger partial charge in [-0.1, -0.05) is 24.3 Å². The Morgan fingerprint density at radius 1 is 0.545 bits per heavy atom. The number of benzene rings is 2. The monoisotopic (exact) mass is 440 g/mol. The van der Waals surface area contributed by atoms with E-state index in [0.717, 1.165) is 33.6 Å². The molecule has 0 amide bonds. The van der Waals surface area contributed by atoms with Crippen LogP contribution < -0.4 is 18.9 Å². The van der Waals surface area contributed by atoms with Crippen LogP contribution in [0.1, 0.15) is 22.3 Å². The summed E-state index contributed by atoms with van der Waals surface area (Å²) in [6.07, 6.45) is 3.60. The van der Waals surface area contributed by atoms with E-state index in [4.69, 9.17) is 28.9 Å². The summed E-state index contributed by atoms with van der Waals surface area (Å²) < 4.78 is 22.4. The van der Waals surface area contributed by atoms with Crippen LogP contribution in [-0.4, -0.2) is 38.4 Å². The minimum atomic E-state index is -0.688. The molecule has 33 heavy (non-hydrogen) atoms. The number of ether oxygens (including phenoxy) is 4. The molecule has 0 N–H and O–H groups in total. The Kier molecular flexibility index (Phi) is 5.13. The number of methoxy groups -OCH3 is 4. The van der Waals surface area contributed by atoms with Gasteiger partial charge in [-0.3, -0.25) is 9.97 Å². The fraction of sp³-hybridized carbons (Fsp3) is 0.185. The van der Waals surface area contributed by atoms with E-state index in [0.29, 0.717) is 23.0 Å². The predicted octanol–water partition coefficient (Wildman–Crippen LogP) is 4.87. The normalized spacial score (nSPS) is 13.1. The topological polar surface area (TPSA) is 62.7 Å². The fourth-order valence-electron chi connectivity index (χ4n) is 4.87. The lowest BCUT2D eigenvalue weighted by Crippen LogP contribution is -2.29. The van der Waals surface area contributed by atoms with Gasteiger partial charge in [0, 0.05) is 12.4 Å². The molecular formula is C27H24N2O4. The number of fused-ring (bicyclic) bond motifs is 3. The van der Waals surface area contributed by atoms with Crippen LogP contribution in [0.4, 0.5) is 0 Å². The molecule has 5 rings (SSSR count). The summed E-state index contributed by atoms with van der Waals surface area (Å²) in [6.45, 7) is 0. The highest BCUT2D eigenvalue weighted by Crippen LogP contribution is 2.56. The van der Waals surface area contributed by atoms with Crippen LogP contribution in [0.15, 0.2) is 73.1 Å². The van der Waals surface area contributed by atoms with Gasteiger partial charge in [-0.15, -0.1) is 0 Å². The molecule has 0 radical (unpaired) electrons. The number of rotatable bonds is 6. The van der Waals surface area contributed by atoms with Gasteiger partial charge < -0.3 is 18.9 Å². The van der Waals surface area contributed by atoms with Crippen molar-refractivity contribution in [3.63, 3.8) is 0 Å². The van der Waals surface area contributed by atoms with E-state index in [9.17, 15) is 0 Å². The third-order valence-corrected chi connectivity index (χ3v) is 6.28. The van der Waals surface area contributed by atoms with Crippen LogP contribution in [0.5, 0.6) is 23.0 Å². The number of aromatic nitrogens is 2. The Bertz CT molecular complexity index is 1230. The molecule has 0 unspecified atom stereocenters. The molecule has 0 bridgehead atoms. The second kappa shape index (κ2) is 8.13. The van der Waals surface area contributed by atoms with E-state index in [1.54, 1.807) is 40.8 Å². The van der Waals surface area contributed by atoms with Crippen molar-refractivity contribution >= 4 is 0 Å². The van der Waals surface area contributed by atoms with Crippen LogP contribution in [0.2, 0.25) is 0 Å². The molecular weight excluding hydrogens is 416 g/mol. The first kappa shape index (κ1) is 20.8. The lowest BCUT2D eigenvalue weighted by Gasteiger charge is -2.34. The first-order valence-corrected chi connectivity index (χ1v) is 10.5. The van der Waals surface area contributed by atoms with Crippen LogP contribution in [0.3, 0.4) is 0 Å². The van der Waals surface area contributed by atoms with Gasteiger partial charge in [0.25, 0.3) is 0 Å². The summed E-state index contributed by atoms with van der Waals surface area (Å²) in [5.41, 5.74) is 5.13. The lowest BCUT2D eigenvalue weighted by atomic mass is 9.68. The highest BCUT2D eigenvalue weighted by molar-refractivity contribution is 5.82. The Morgan fingerprint density at radius 2 is 0.970 bits per heavy atom. The third-order valence-electron chi connectivity index (χ3n) is 6.28. The zero-order valence-corrected chi connectivity index (χ0v) is 19.0. The molecule has 0 saturated heterocycles. The van der Waals surface area contributed by atoms with Gasteiger partial charge in [0.15, 0.2) is 23.0 Å². The summed E-state index contributed by atoms with van der Waals surface area (Å²) in [7, 11) is 6.56. The molecule has 4 aromatic rings.